The van der Waals surface area contributed by atoms with Crippen molar-refractivity contribution >= 4 is 28.4 Å². The summed E-state index contributed by atoms with van der Waals surface area (Å²) in [4.78, 5) is 18.0. The molecule has 1 atom stereocenters. The molecule has 4 rings (SSSR count). The van der Waals surface area contributed by atoms with Crippen LogP contribution in [0.25, 0.3) is 10.9 Å². The number of benzene rings is 1. The van der Waals surface area contributed by atoms with Gasteiger partial charge in [0.25, 0.3) is 0 Å². The summed E-state index contributed by atoms with van der Waals surface area (Å²) < 4.78 is 0. The van der Waals surface area contributed by atoms with E-state index in [1.807, 2.05) is 12.1 Å². The van der Waals surface area contributed by atoms with Crippen molar-refractivity contribution in [2.75, 3.05) is 13.1 Å². The number of aromatic nitrogens is 1. The Labute approximate surface area is 160 Å². The molecule has 1 amide bonds. The number of H-pyrrole nitrogens is 1. The largest absolute Gasteiger partial charge is 0.356 e. The van der Waals surface area contributed by atoms with Gasteiger partial charge in [-0.3, -0.25) is 9.69 Å². The highest BCUT2D eigenvalue weighted by Crippen LogP contribution is 2.29. The fourth-order valence-corrected chi connectivity index (χ4v) is 4.37. The van der Waals surface area contributed by atoms with Crippen LogP contribution in [0.4, 0.5) is 0 Å². The number of amides is 1. The second-order valence-electron chi connectivity index (χ2n) is 8.01. The third kappa shape index (κ3) is 4.07. The Hall–Kier alpha value is -1.52. The highest BCUT2D eigenvalue weighted by molar-refractivity contribution is 6.35. The molecule has 0 radical (unpaired) electrons. The summed E-state index contributed by atoms with van der Waals surface area (Å²) in [5, 5.41) is 5.11. The Morgan fingerprint density at radius 1 is 1.35 bits per heavy atom. The number of piperidine rings is 1. The summed E-state index contributed by atoms with van der Waals surface area (Å²) in [5.41, 5.74) is 3.61. The van der Waals surface area contributed by atoms with Crippen molar-refractivity contribution in [3.05, 3.63) is 34.5 Å². The minimum Gasteiger partial charge on any atom is -0.356 e. The maximum absolute atomic E-state index is 11.9. The molecule has 5 heteroatoms. The molecule has 1 aliphatic carbocycles. The van der Waals surface area contributed by atoms with Gasteiger partial charge in [0.1, 0.15) is 0 Å². The Kier molecular flexibility index (Phi) is 5.23. The van der Waals surface area contributed by atoms with Crippen molar-refractivity contribution in [1.29, 1.82) is 0 Å². The Bertz CT molecular complexity index is 796. The van der Waals surface area contributed by atoms with Gasteiger partial charge in [-0.2, -0.15) is 0 Å². The van der Waals surface area contributed by atoms with Crippen molar-refractivity contribution in [2.24, 2.45) is 5.92 Å². The summed E-state index contributed by atoms with van der Waals surface area (Å²) in [6, 6.07) is 6.56. The van der Waals surface area contributed by atoms with E-state index in [4.69, 9.17) is 11.6 Å². The number of fused-ring (bicyclic) bond motifs is 1. The zero-order valence-corrected chi connectivity index (χ0v) is 16.2. The third-order valence-electron chi connectivity index (χ3n) is 5.85. The number of carbonyl (C=O) groups excluding carboxylic acids is 1. The zero-order chi connectivity index (χ0) is 18.1. The molecule has 1 aromatic carbocycles. The van der Waals surface area contributed by atoms with Crippen molar-refractivity contribution in [3.63, 3.8) is 0 Å². The molecule has 26 heavy (non-hydrogen) atoms. The molecular formula is C21H28ClN3O. The van der Waals surface area contributed by atoms with Gasteiger partial charge in [-0.1, -0.05) is 23.7 Å². The lowest BCUT2D eigenvalue weighted by Crippen LogP contribution is -2.36. The van der Waals surface area contributed by atoms with Crippen LogP contribution < -0.4 is 5.32 Å². The van der Waals surface area contributed by atoms with Crippen LogP contribution in [0.2, 0.25) is 5.02 Å². The molecule has 2 fully saturated rings. The molecule has 140 valence electrons. The number of aromatic amines is 1. The monoisotopic (exact) mass is 373 g/mol. The molecule has 2 aromatic rings. The minimum atomic E-state index is 0.241. The van der Waals surface area contributed by atoms with Gasteiger partial charge in [0.15, 0.2) is 0 Å². The normalized spacial score (nSPS) is 21.2. The van der Waals surface area contributed by atoms with E-state index >= 15 is 0 Å². The summed E-state index contributed by atoms with van der Waals surface area (Å²) in [7, 11) is 0. The summed E-state index contributed by atoms with van der Waals surface area (Å²) in [6.45, 7) is 5.32. The summed E-state index contributed by atoms with van der Waals surface area (Å²) >= 11 is 6.34. The third-order valence-corrected chi connectivity index (χ3v) is 6.17. The number of nitrogens with zero attached hydrogens (tertiary/aromatic N) is 1. The fourth-order valence-electron chi connectivity index (χ4n) is 4.15. The molecular weight excluding hydrogens is 346 g/mol. The number of para-hydroxylation sites is 1. The molecule has 2 heterocycles. The molecule has 4 nitrogen and oxygen atoms in total. The number of carbonyl (C=O) groups is 1. The zero-order valence-electron chi connectivity index (χ0n) is 15.5. The smallest absolute Gasteiger partial charge is 0.220 e. The first-order valence-electron chi connectivity index (χ1n) is 9.87. The van der Waals surface area contributed by atoms with Crippen LogP contribution in [0.15, 0.2) is 18.2 Å². The number of hydrogen-bond donors (Lipinski definition) is 2. The minimum absolute atomic E-state index is 0.241. The van der Waals surface area contributed by atoms with Gasteiger partial charge in [0, 0.05) is 36.6 Å². The fraction of sp³-hybridized carbons (Fsp3) is 0.571. The Morgan fingerprint density at radius 2 is 2.19 bits per heavy atom. The van der Waals surface area contributed by atoms with Gasteiger partial charge >= 0.3 is 0 Å². The second kappa shape index (κ2) is 7.61. The predicted octanol–water partition coefficient (Wildman–Crippen LogP) is 4.40. The number of aryl methyl sites for hydroxylation is 1. The topological polar surface area (TPSA) is 48.1 Å². The molecule has 1 aromatic heterocycles. The van der Waals surface area contributed by atoms with Crippen LogP contribution in [0.5, 0.6) is 0 Å². The van der Waals surface area contributed by atoms with Gasteiger partial charge in [-0.25, -0.2) is 0 Å². The SMILES string of the molecule is Cc1c(CN2CCC[C@H](CCC(=O)NC3CC3)C2)[nH]c2c(Cl)cccc12. The van der Waals surface area contributed by atoms with Crippen LogP contribution in [0.1, 0.15) is 49.8 Å². The van der Waals surface area contributed by atoms with Crippen LogP contribution in [0, 0.1) is 12.8 Å². The number of nitrogens with one attached hydrogen (secondary N) is 2. The number of rotatable bonds is 6. The lowest BCUT2D eigenvalue weighted by atomic mass is 9.93. The second-order valence-corrected chi connectivity index (χ2v) is 8.42. The first-order valence-corrected chi connectivity index (χ1v) is 10.3. The van der Waals surface area contributed by atoms with Crippen molar-refractivity contribution in [3.8, 4) is 0 Å². The molecule has 2 aliphatic rings. The summed E-state index contributed by atoms with van der Waals surface area (Å²) in [6.07, 6.45) is 6.47. The molecule has 1 saturated heterocycles. The number of halogens is 1. The van der Waals surface area contributed by atoms with Crippen molar-refractivity contribution in [1.82, 2.24) is 15.2 Å². The highest BCUT2D eigenvalue weighted by atomic mass is 35.5. The maximum Gasteiger partial charge on any atom is 0.220 e. The Balaban J connectivity index is 1.35. The van der Waals surface area contributed by atoms with Crippen molar-refractivity contribution < 1.29 is 4.79 Å². The van der Waals surface area contributed by atoms with Gasteiger partial charge in [0.05, 0.1) is 10.5 Å². The highest BCUT2D eigenvalue weighted by Gasteiger charge is 2.25. The molecule has 0 unspecified atom stereocenters. The van der Waals surface area contributed by atoms with E-state index in [0.29, 0.717) is 18.4 Å². The van der Waals surface area contributed by atoms with Crippen molar-refractivity contribution in [2.45, 2.75) is 58.0 Å². The average Bonchev–Trinajstić information content (AvgIpc) is 3.39. The molecule has 1 aliphatic heterocycles. The quantitative estimate of drug-likeness (QED) is 0.788. The predicted molar refractivity (Wildman–Crippen MR) is 106 cm³/mol. The molecule has 1 saturated carbocycles. The van der Waals surface area contributed by atoms with E-state index in [1.165, 1.54) is 29.5 Å². The first kappa shape index (κ1) is 17.9. The van der Waals surface area contributed by atoms with Crippen LogP contribution >= 0.6 is 11.6 Å². The van der Waals surface area contributed by atoms with E-state index < -0.39 is 0 Å². The van der Waals surface area contributed by atoms with E-state index in [2.05, 4.69) is 28.2 Å². The Morgan fingerprint density at radius 3 is 2.96 bits per heavy atom. The van der Waals surface area contributed by atoms with E-state index in [1.54, 1.807) is 0 Å². The van der Waals surface area contributed by atoms with E-state index in [9.17, 15) is 4.79 Å². The maximum atomic E-state index is 11.9. The molecule has 0 bridgehead atoms. The standard InChI is InChI=1S/C21H28ClN3O/c1-14-17-5-2-6-18(22)21(17)24-19(14)13-25-11-3-4-15(12-25)7-10-20(26)23-16-8-9-16/h2,5-6,15-16,24H,3-4,7-13H2,1H3,(H,23,26)/t15-/m1/s1. The lowest BCUT2D eigenvalue weighted by Gasteiger charge is -2.32. The summed E-state index contributed by atoms with van der Waals surface area (Å²) in [5.74, 6) is 0.868. The van der Waals surface area contributed by atoms with E-state index in [0.717, 1.165) is 49.4 Å². The lowest BCUT2D eigenvalue weighted by molar-refractivity contribution is -0.121. The molecule has 0 spiro atoms. The van der Waals surface area contributed by atoms with Gasteiger partial charge in [-0.05, 0) is 63.1 Å². The first-order chi connectivity index (χ1) is 12.6. The van der Waals surface area contributed by atoms with E-state index in [-0.39, 0.29) is 5.91 Å². The van der Waals surface area contributed by atoms with Crippen LogP contribution in [-0.4, -0.2) is 34.9 Å². The number of hydrogen-bond acceptors (Lipinski definition) is 2. The van der Waals surface area contributed by atoms with Crippen LogP contribution in [0.3, 0.4) is 0 Å². The molecule has 2 N–H and O–H groups in total. The van der Waals surface area contributed by atoms with Gasteiger partial charge in [0.2, 0.25) is 5.91 Å². The van der Waals surface area contributed by atoms with Gasteiger partial charge < -0.3 is 10.3 Å². The number of likely N-dealkylation sites (tertiary alicyclic amines) is 1. The van der Waals surface area contributed by atoms with Gasteiger partial charge in [-0.15, -0.1) is 0 Å². The average molecular weight is 374 g/mol. The van der Waals surface area contributed by atoms with Crippen LogP contribution in [-0.2, 0) is 11.3 Å².